The summed E-state index contributed by atoms with van der Waals surface area (Å²) in [6.07, 6.45) is -0.329. The molecule has 5 nitrogen and oxygen atoms in total. The van der Waals surface area contributed by atoms with Crippen LogP contribution in [0, 0.1) is 5.82 Å². The topological polar surface area (TPSA) is 70.6 Å². The fraction of sp³-hybridized carbons (Fsp3) is 0.278. The van der Waals surface area contributed by atoms with Crippen LogP contribution in [0.15, 0.2) is 48.5 Å². The van der Waals surface area contributed by atoms with E-state index in [4.69, 9.17) is 4.74 Å². The number of benzene rings is 2. The molecule has 0 radical (unpaired) electrons. The van der Waals surface area contributed by atoms with Gasteiger partial charge in [0, 0.05) is 13.1 Å². The van der Waals surface area contributed by atoms with Gasteiger partial charge in [-0.15, -0.1) is 0 Å². The SMILES string of the molecule is COc1ccccc1CCNC(=O)NCC(O)c1cccc(F)c1. The third kappa shape index (κ3) is 5.24. The van der Waals surface area contributed by atoms with Crippen molar-refractivity contribution in [3.63, 3.8) is 0 Å². The van der Waals surface area contributed by atoms with Crippen molar-refractivity contribution in [3.05, 3.63) is 65.5 Å². The molecule has 6 heteroatoms. The van der Waals surface area contributed by atoms with Crippen molar-refractivity contribution in [1.82, 2.24) is 10.6 Å². The van der Waals surface area contributed by atoms with Crippen molar-refractivity contribution < 1.29 is 19.0 Å². The van der Waals surface area contributed by atoms with E-state index < -0.39 is 11.9 Å². The van der Waals surface area contributed by atoms with Gasteiger partial charge in [0.15, 0.2) is 0 Å². The number of methoxy groups -OCH3 is 1. The van der Waals surface area contributed by atoms with Gasteiger partial charge in [-0.2, -0.15) is 0 Å². The van der Waals surface area contributed by atoms with E-state index in [1.807, 2.05) is 24.3 Å². The maximum atomic E-state index is 13.1. The van der Waals surface area contributed by atoms with Gasteiger partial charge in [-0.1, -0.05) is 30.3 Å². The first-order valence-electron chi connectivity index (χ1n) is 7.67. The van der Waals surface area contributed by atoms with E-state index in [-0.39, 0.29) is 12.6 Å². The quantitative estimate of drug-likeness (QED) is 0.729. The minimum absolute atomic E-state index is 0.00391. The largest absolute Gasteiger partial charge is 0.496 e. The molecular weight excluding hydrogens is 311 g/mol. The Morgan fingerprint density at radius 1 is 1.21 bits per heavy atom. The lowest BCUT2D eigenvalue weighted by molar-refractivity contribution is 0.173. The number of ether oxygens (including phenoxy) is 1. The van der Waals surface area contributed by atoms with Gasteiger partial charge in [-0.3, -0.25) is 0 Å². The van der Waals surface area contributed by atoms with Gasteiger partial charge < -0.3 is 20.5 Å². The monoisotopic (exact) mass is 332 g/mol. The normalized spacial score (nSPS) is 11.6. The highest BCUT2D eigenvalue weighted by molar-refractivity contribution is 5.73. The molecule has 2 amide bonds. The maximum Gasteiger partial charge on any atom is 0.314 e. The number of rotatable bonds is 7. The third-order valence-electron chi connectivity index (χ3n) is 3.56. The molecular formula is C18H21FN2O3. The van der Waals surface area contributed by atoms with E-state index in [0.717, 1.165) is 11.3 Å². The first-order valence-corrected chi connectivity index (χ1v) is 7.67. The fourth-order valence-corrected chi connectivity index (χ4v) is 2.30. The zero-order valence-electron chi connectivity index (χ0n) is 13.5. The Bertz CT molecular complexity index is 679. The summed E-state index contributed by atoms with van der Waals surface area (Å²) in [5, 5.41) is 15.2. The second-order valence-corrected chi connectivity index (χ2v) is 5.27. The van der Waals surface area contributed by atoms with Gasteiger partial charge >= 0.3 is 6.03 Å². The number of halogens is 1. The molecule has 2 rings (SSSR count). The van der Waals surface area contributed by atoms with Crippen molar-refractivity contribution in [2.45, 2.75) is 12.5 Å². The molecule has 1 unspecified atom stereocenters. The summed E-state index contributed by atoms with van der Waals surface area (Å²) in [4.78, 5) is 11.8. The highest BCUT2D eigenvalue weighted by atomic mass is 19.1. The Balaban J connectivity index is 1.73. The van der Waals surface area contributed by atoms with E-state index in [2.05, 4.69) is 10.6 Å². The molecule has 0 heterocycles. The smallest absolute Gasteiger partial charge is 0.314 e. The number of aliphatic hydroxyl groups is 1. The standard InChI is InChI=1S/C18H21FN2O3/c1-24-17-8-3-2-5-13(17)9-10-20-18(23)21-12-16(22)14-6-4-7-15(19)11-14/h2-8,11,16,22H,9-10,12H2,1H3,(H2,20,21,23). The van der Waals surface area contributed by atoms with Crippen molar-refractivity contribution >= 4 is 6.03 Å². The second-order valence-electron chi connectivity index (χ2n) is 5.27. The minimum atomic E-state index is -0.958. The Kier molecular flexibility index (Phi) is 6.57. The van der Waals surface area contributed by atoms with Crippen LogP contribution in [-0.4, -0.2) is 31.3 Å². The lowest BCUT2D eigenvalue weighted by Crippen LogP contribution is -2.38. The number of carbonyl (C=O) groups excluding carboxylic acids is 1. The van der Waals surface area contributed by atoms with Crippen LogP contribution in [0.25, 0.3) is 0 Å². The molecule has 128 valence electrons. The molecule has 0 saturated carbocycles. The van der Waals surface area contributed by atoms with Crippen molar-refractivity contribution in [3.8, 4) is 5.75 Å². The number of aliphatic hydroxyl groups excluding tert-OH is 1. The van der Waals surface area contributed by atoms with E-state index in [0.29, 0.717) is 18.5 Å². The first-order chi connectivity index (χ1) is 11.6. The summed E-state index contributed by atoms with van der Waals surface area (Å²) in [6, 6.07) is 12.9. The van der Waals surface area contributed by atoms with Gasteiger partial charge in [0.1, 0.15) is 11.6 Å². The molecule has 0 saturated heterocycles. The third-order valence-corrected chi connectivity index (χ3v) is 3.56. The Labute approximate surface area is 140 Å². The zero-order valence-corrected chi connectivity index (χ0v) is 13.5. The predicted molar refractivity (Wildman–Crippen MR) is 89.5 cm³/mol. The molecule has 2 aromatic rings. The van der Waals surface area contributed by atoms with E-state index >= 15 is 0 Å². The molecule has 0 spiro atoms. The molecule has 1 atom stereocenters. The summed E-state index contributed by atoms with van der Waals surface area (Å²) in [5.41, 5.74) is 1.42. The first kappa shape index (κ1) is 17.7. The number of carbonyl (C=O) groups is 1. The number of amides is 2. The molecule has 0 aliphatic carbocycles. The lowest BCUT2D eigenvalue weighted by Gasteiger charge is -2.13. The van der Waals surface area contributed by atoms with Crippen LogP contribution in [0.1, 0.15) is 17.2 Å². The number of nitrogens with one attached hydrogen (secondary N) is 2. The van der Waals surface area contributed by atoms with Gasteiger partial charge in [0.2, 0.25) is 0 Å². The fourth-order valence-electron chi connectivity index (χ4n) is 2.30. The molecule has 0 aliphatic heterocycles. The summed E-state index contributed by atoms with van der Waals surface area (Å²) >= 11 is 0. The van der Waals surface area contributed by atoms with E-state index in [1.54, 1.807) is 13.2 Å². The van der Waals surface area contributed by atoms with Gasteiger partial charge in [0.05, 0.1) is 13.2 Å². The van der Waals surface area contributed by atoms with Crippen LogP contribution < -0.4 is 15.4 Å². The Morgan fingerprint density at radius 3 is 2.75 bits per heavy atom. The molecule has 0 aliphatic rings. The molecule has 2 aromatic carbocycles. The molecule has 24 heavy (non-hydrogen) atoms. The Hall–Kier alpha value is -2.60. The van der Waals surface area contributed by atoms with E-state index in [1.165, 1.54) is 18.2 Å². The highest BCUT2D eigenvalue weighted by Gasteiger charge is 2.10. The number of hydrogen-bond donors (Lipinski definition) is 3. The van der Waals surface area contributed by atoms with Crippen LogP contribution in [0.4, 0.5) is 9.18 Å². The van der Waals surface area contributed by atoms with Crippen LogP contribution in [0.3, 0.4) is 0 Å². The average molecular weight is 332 g/mol. The van der Waals surface area contributed by atoms with Crippen LogP contribution in [0.5, 0.6) is 5.75 Å². The molecule has 0 aromatic heterocycles. The van der Waals surface area contributed by atoms with Crippen LogP contribution in [0.2, 0.25) is 0 Å². The zero-order chi connectivity index (χ0) is 17.4. The minimum Gasteiger partial charge on any atom is -0.496 e. The summed E-state index contributed by atoms with van der Waals surface area (Å²) in [5.74, 6) is 0.356. The second kappa shape index (κ2) is 8.88. The summed E-state index contributed by atoms with van der Waals surface area (Å²) in [7, 11) is 1.60. The summed E-state index contributed by atoms with van der Waals surface area (Å²) < 4.78 is 18.3. The van der Waals surface area contributed by atoms with Crippen LogP contribution >= 0.6 is 0 Å². The van der Waals surface area contributed by atoms with Crippen molar-refractivity contribution in [2.75, 3.05) is 20.2 Å². The molecule has 3 N–H and O–H groups in total. The Morgan fingerprint density at radius 2 is 2.00 bits per heavy atom. The highest BCUT2D eigenvalue weighted by Crippen LogP contribution is 2.17. The van der Waals surface area contributed by atoms with Gasteiger partial charge in [-0.05, 0) is 35.7 Å². The van der Waals surface area contributed by atoms with Gasteiger partial charge in [-0.25, -0.2) is 9.18 Å². The molecule has 0 fully saturated rings. The predicted octanol–water partition coefficient (Wildman–Crippen LogP) is 2.41. The lowest BCUT2D eigenvalue weighted by atomic mass is 10.1. The van der Waals surface area contributed by atoms with Crippen LogP contribution in [-0.2, 0) is 6.42 Å². The van der Waals surface area contributed by atoms with Crippen molar-refractivity contribution in [2.24, 2.45) is 0 Å². The average Bonchev–Trinajstić information content (AvgIpc) is 2.60. The van der Waals surface area contributed by atoms with Crippen molar-refractivity contribution in [1.29, 1.82) is 0 Å². The number of hydrogen-bond acceptors (Lipinski definition) is 3. The van der Waals surface area contributed by atoms with E-state index in [9.17, 15) is 14.3 Å². The molecule has 0 bridgehead atoms. The van der Waals surface area contributed by atoms with Gasteiger partial charge in [0.25, 0.3) is 0 Å². The number of para-hydroxylation sites is 1. The summed E-state index contributed by atoms with van der Waals surface area (Å²) in [6.45, 7) is 0.437. The number of urea groups is 1. The maximum absolute atomic E-state index is 13.1.